The lowest BCUT2D eigenvalue weighted by molar-refractivity contribution is 0.0715. The van der Waals surface area contributed by atoms with Crippen LogP contribution >= 0.6 is 0 Å². The van der Waals surface area contributed by atoms with Crippen LogP contribution in [0.1, 0.15) is 27.1 Å². The summed E-state index contributed by atoms with van der Waals surface area (Å²) in [6, 6.07) is 12.3. The van der Waals surface area contributed by atoms with E-state index in [0.717, 1.165) is 0 Å². The smallest absolute Gasteiger partial charge is 0.261 e. The van der Waals surface area contributed by atoms with Gasteiger partial charge in [0.15, 0.2) is 0 Å². The highest BCUT2D eigenvalue weighted by atomic mass is 16.5. The van der Waals surface area contributed by atoms with Crippen molar-refractivity contribution in [1.82, 2.24) is 9.80 Å². The molecule has 29 heavy (non-hydrogen) atoms. The molecule has 7 heteroatoms. The Hall–Kier alpha value is -3.22. The van der Waals surface area contributed by atoms with Crippen LogP contribution in [0.25, 0.3) is 0 Å². The van der Waals surface area contributed by atoms with Crippen molar-refractivity contribution in [3.63, 3.8) is 0 Å². The van der Waals surface area contributed by atoms with Gasteiger partial charge in [0.05, 0.1) is 21.3 Å². The lowest BCUT2D eigenvalue weighted by Gasteiger charge is -2.23. The van der Waals surface area contributed by atoms with Crippen LogP contribution in [0.4, 0.5) is 0 Å². The Morgan fingerprint density at radius 1 is 0.724 bits per heavy atom. The average molecular weight is 398 g/mol. The molecule has 0 atom stereocenters. The summed E-state index contributed by atoms with van der Waals surface area (Å²) in [5.41, 5.74) is 1.02. The molecule has 0 aliphatic carbocycles. The summed E-state index contributed by atoms with van der Waals surface area (Å²) in [6.45, 7) is 2.07. The van der Waals surface area contributed by atoms with Gasteiger partial charge in [0.25, 0.3) is 11.8 Å². The van der Waals surface area contributed by atoms with Crippen LogP contribution < -0.4 is 14.2 Å². The minimum atomic E-state index is -0.155. The topological polar surface area (TPSA) is 68.3 Å². The Morgan fingerprint density at radius 2 is 1.28 bits per heavy atom. The highest BCUT2D eigenvalue weighted by Gasteiger charge is 2.27. The van der Waals surface area contributed by atoms with Gasteiger partial charge in [-0.2, -0.15) is 0 Å². The summed E-state index contributed by atoms with van der Waals surface area (Å²) in [4.78, 5) is 29.6. The van der Waals surface area contributed by atoms with Crippen molar-refractivity contribution in [2.45, 2.75) is 6.42 Å². The van der Waals surface area contributed by atoms with Crippen LogP contribution in [0.5, 0.6) is 17.2 Å². The van der Waals surface area contributed by atoms with Crippen molar-refractivity contribution >= 4 is 11.8 Å². The molecule has 3 rings (SSSR count). The minimum absolute atomic E-state index is 0.0446. The molecule has 0 unspecified atom stereocenters. The second-order valence-electron chi connectivity index (χ2n) is 6.70. The first-order valence-electron chi connectivity index (χ1n) is 9.52. The highest BCUT2D eigenvalue weighted by Crippen LogP contribution is 2.30. The molecular weight excluding hydrogens is 372 g/mol. The van der Waals surface area contributed by atoms with Crippen LogP contribution in [0.3, 0.4) is 0 Å². The number of methoxy groups -OCH3 is 3. The lowest BCUT2D eigenvalue weighted by Crippen LogP contribution is -2.37. The Labute approximate surface area is 170 Å². The average Bonchev–Trinajstić information content (AvgIpc) is 3.04. The number of carbonyl (C=O) groups excluding carboxylic acids is 2. The lowest BCUT2D eigenvalue weighted by atomic mass is 10.1. The molecule has 0 spiro atoms. The van der Waals surface area contributed by atoms with E-state index in [2.05, 4.69) is 0 Å². The van der Waals surface area contributed by atoms with Crippen LogP contribution in [-0.4, -0.2) is 69.1 Å². The third-order valence-electron chi connectivity index (χ3n) is 5.05. The predicted octanol–water partition coefficient (Wildman–Crippen LogP) is 2.70. The van der Waals surface area contributed by atoms with Crippen molar-refractivity contribution in [3.05, 3.63) is 53.6 Å². The second kappa shape index (κ2) is 9.32. The SMILES string of the molecule is COc1ccc(C(=O)N2CCCN(C(=O)c3c(OC)cccc3OC)CC2)cc1. The zero-order valence-corrected chi connectivity index (χ0v) is 17.0. The molecule has 0 bridgehead atoms. The van der Waals surface area contributed by atoms with Gasteiger partial charge in [0, 0.05) is 31.7 Å². The van der Waals surface area contributed by atoms with Gasteiger partial charge in [-0.25, -0.2) is 0 Å². The monoisotopic (exact) mass is 398 g/mol. The maximum Gasteiger partial charge on any atom is 0.261 e. The molecule has 0 aromatic heterocycles. The zero-order valence-electron chi connectivity index (χ0n) is 17.0. The van der Waals surface area contributed by atoms with E-state index in [4.69, 9.17) is 14.2 Å². The summed E-state index contributed by atoms with van der Waals surface area (Å²) < 4.78 is 15.9. The summed E-state index contributed by atoms with van der Waals surface area (Å²) in [6.07, 6.45) is 0.700. The fourth-order valence-electron chi connectivity index (χ4n) is 3.46. The van der Waals surface area contributed by atoms with Gasteiger partial charge >= 0.3 is 0 Å². The molecule has 0 radical (unpaired) electrons. The molecule has 1 heterocycles. The third-order valence-corrected chi connectivity index (χ3v) is 5.05. The molecule has 0 N–H and O–H groups in total. The van der Waals surface area contributed by atoms with Crippen molar-refractivity contribution < 1.29 is 23.8 Å². The van der Waals surface area contributed by atoms with Crippen LogP contribution in [0.2, 0.25) is 0 Å². The third kappa shape index (κ3) is 4.45. The maximum absolute atomic E-state index is 13.2. The first-order chi connectivity index (χ1) is 14.1. The van der Waals surface area contributed by atoms with Gasteiger partial charge in [-0.1, -0.05) is 6.07 Å². The highest BCUT2D eigenvalue weighted by molar-refractivity contribution is 6.00. The number of rotatable bonds is 5. The number of carbonyl (C=O) groups is 2. The summed E-state index contributed by atoms with van der Waals surface area (Å²) in [5, 5.41) is 0. The fraction of sp³-hybridized carbons (Fsp3) is 0.364. The Bertz CT molecular complexity index is 844. The number of nitrogens with zero attached hydrogens (tertiary/aromatic N) is 2. The van der Waals surface area contributed by atoms with Gasteiger partial charge in [-0.15, -0.1) is 0 Å². The first-order valence-corrected chi connectivity index (χ1v) is 9.52. The zero-order chi connectivity index (χ0) is 20.8. The molecule has 2 amide bonds. The fourth-order valence-corrected chi connectivity index (χ4v) is 3.46. The summed E-state index contributed by atoms with van der Waals surface area (Å²) in [7, 11) is 4.65. The van der Waals surface area contributed by atoms with Gasteiger partial charge < -0.3 is 24.0 Å². The number of hydrogen-bond donors (Lipinski definition) is 0. The normalized spacial score (nSPS) is 14.2. The minimum Gasteiger partial charge on any atom is -0.497 e. The molecular formula is C22H26N2O5. The number of ether oxygens (including phenoxy) is 3. The van der Waals surface area contributed by atoms with Gasteiger partial charge in [0.2, 0.25) is 0 Å². The van der Waals surface area contributed by atoms with E-state index in [1.54, 1.807) is 59.4 Å². The molecule has 2 aromatic carbocycles. The summed E-state index contributed by atoms with van der Waals surface area (Å²) in [5.74, 6) is 1.46. The van der Waals surface area contributed by atoms with E-state index < -0.39 is 0 Å². The van der Waals surface area contributed by atoms with Crippen molar-refractivity contribution in [2.75, 3.05) is 47.5 Å². The van der Waals surface area contributed by atoms with E-state index in [-0.39, 0.29) is 11.8 Å². The molecule has 7 nitrogen and oxygen atoms in total. The Balaban J connectivity index is 1.73. The number of amides is 2. The van der Waals surface area contributed by atoms with E-state index in [0.29, 0.717) is 61.0 Å². The van der Waals surface area contributed by atoms with Crippen molar-refractivity contribution in [2.24, 2.45) is 0 Å². The van der Waals surface area contributed by atoms with Crippen LogP contribution in [0, 0.1) is 0 Å². The largest absolute Gasteiger partial charge is 0.497 e. The molecule has 1 saturated heterocycles. The van der Waals surface area contributed by atoms with Crippen LogP contribution in [-0.2, 0) is 0 Å². The molecule has 154 valence electrons. The number of benzene rings is 2. The van der Waals surface area contributed by atoms with Crippen LogP contribution in [0.15, 0.2) is 42.5 Å². The first kappa shape index (κ1) is 20.5. The van der Waals surface area contributed by atoms with Crippen molar-refractivity contribution in [1.29, 1.82) is 0 Å². The summed E-state index contributed by atoms with van der Waals surface area (Å²) >= 11 is 0. The van der Waals surface area contributed by atoms with E-state index in [1.165, 1.54) is 14.2 Å². The van der Waals surface area contributed by atoms with Gasteiger partial charge in [0.1, 0.15) is 22.8 Å². The Morgan fingerprint density at radius 3 is 1.79 bits per heavy atom. The predicted molar refractivity (Wildman–Crippen MR) is 109 cm³/mol. The molecule has 1 aliphatic rings. The quantitative estimate of drug-likeness (QED) is 0.775. The maximum atomic E-state index is 13.2. The Kier molecular flexibility index (Phi) is 6.59. The molecule has 1 fully saturated rings. The second-order valence-corrected chi connectivity index (χ2v) is 6.70. The van der Waals surface area contributed by atoms with Gasteiger partial charge in [-0.05, 0) is 42.8 Å². The van der Waals surface area contributed by atoms with Gasteiger partial charge in [-0.3, -0.25) is 9.59 Å². The van der Waals surface area contributed by atoms with Crippen molar-refractivity contribution in [3.8, 4) is 17.2 Å². The molecule has 2 aromatic rings. The molecule has 0 saturated carbocycles. The van der Waals surface area contributed by atoms with E-state index in [9.17, 15) is 9.59 Å². The van der Waals surface area contributed by atoms with E-state index >= 15 is 0 Å². The van der Waals surface area contributed by atoms with E-state index in [1.807, 2.05) is 0 Å². The standard InChI is InChI=1S/C22H26N2O5/c1-27-17-10-8-16(9-11-17)21(25)23-12-5-13-24(15-14-23)22(26)20-18(28-2)6-4-7-19(20)29-3/h4,6-11H,5,12-15H2,1-3H3. The number of hydrogen-bond acceptors (Lipinski definition) is 5. The molecule has 1 aliphatic heterocycles.